The summed E-state index contributed by atoms with van der Waals surface area (Å²) in [6.07, 6.45) is 1.20. The highest BCUT2D eigenvalue weighted by atomic mass is 32.2. The van der Waals surface area contributed by atoms with Gasteiger partial charge in [-0.2, -0.15) is 0 Å². The second-order valence-electron chi connectivity index (χ2n) is 12.4. The average molecular weight is 779 g/mol. The molecule has 0 unspecified atom stereocenters. The molecule has 2 N–H and O–H groups in total. The van der Waals surface area contributed by atoms with Gasteiger partial charge in [-0.25, -0.2) is 8.42 Å². The van der Waals surface area contributed by atoms with Crippen molar-refractivity contribution in [2.24, 2.45) is 17.8 Å². The normalized spacial score (nSPS) is 9.45. The van der Waals surface area contributed by atoms with E-state index in [4.69, 9.17) is 0 Å². The van der Waals surface area contributed by atoms with Crippen LogP contribution in [0.25, 0.3) is 0 Å². The highest BCUT2D eigenvalue weighted by Gasteiger charge is 2.17. The molecule has 2 amide bonds. The number of sulfone groups is 1. The number of para-hydroxylation sites is 1. The molecule has 0 fully saturated rings. The summed E-state index contributed by atoms with van der Waals surface area (Å²) in [7, 11) is -3.08. The van der Waals surface area contributed by atoms with E-state index < -0.39 is 9.84 Å². The minimum atomic E-state index is -3.08. The number of rotatable bonds is 9. The fourth-order valence-electron chi connectivity index (χ4n) is 3.77. The summed E-state index contributed by atoms with van der Waals surface area (Å²) in [5.74, 6) is 1.02. The monoisotopic (exact) mass is 779 g/mol. The first kappa shape index (κ1) is 57.5. The van der Waals surface area contributed by atoms with Crippen molar-refractivity contribution in [2.75, 3.05) is 5.32 Å². The molecule has 0 heterocycles. The van der Waals surface area contributed by atoms with Crippen LogP contribution in [0.2, 0.25) is 0 Å². The Morgan fingerprint density at radius 1 is 0.491 bits per heavy atom. The van der Waals surface area contributed by atoms with Gasteiger partial charge in [0.15, 0.2) is 9.84 Å². The highest BCUT2D eigenvalue weighted by molar-refractivity contribution is 7.92. The quantitative estimate of drug-likeness (QED) is 0.177. The molecule has 0 bridgehead atoms. The predicted molar refractivity (Wildman–Crippen MR) is 242 cm³/mol. The van der Waals surface area contributed by atoms with Crippen molar-refractivity contribution >= 4 is 27.3 Å². The topological polar surface area (TPSA) is 92.3 Å². The number of hydrogen-bond donors (Lipinski definition) is 2. The maximum Gasteiger partial charge on any atom is 0.226 e. The number of carbonyl (C=O) groups excluding carboxylic acids is 2. The van der Waals surface area contributed by atoms with Gasteiger partial charge in [-0.1, -0.05) is 194 Å². The van der Waals surface area contributed by atoms with Gasteiger partial charge in [0, 0.05) is 24.1 Å². The van der Waals surface area contributed by atoms with Crippen LogP contribution in [0.3, 0.4) is 0 Å². The second kappa shape index (κ2) is 38.1. The third-order valence-electron chi connectivity index (χ3n) is 6.58. The summed E-state index contributed by atoms with van der Waals surface area (Å²) in [6, 6.07) is 38.5. The lowest BCUT2D eigenvalue weighted by Gasteiger charge is -2.06. The van der Waals surface area contributed by atoms with Crippen LogP contribution in [0.15, 0.2) is 126 Å². The molecule has 7 heteroatoms. The first-order chi connectivity index (χ1) is 26.2. The predicted octanol–water partition coefficient (Wildman–Crippen LogP) is 13.1. The van der Waals surface area contributed by atoms with Crippen molar-refractivity contribution in [1.82, 2.24) is 5.32 Å². The number of anilines is 1. The van der Waals surface area contributed by atoms with Crippen molar-refractivity contribution in [3.05, 3.63) is 132 Å². The summed E-state index contributed by atoms with van der Waals surface area (Å²) >= 11 is 0. The van der Waals surface area contributed by atoms with E-state index >= 15 is 0 Å². The summed E-state index contributed by atoms with van der Waals surface area (Å²) in [6.45, 7) is 32.0. The van der Waals surface area contributed by atoms with Gasteiger partial charge in [-0.05, 0) is 61.6 Å². The molecule has 4 aromatic carbocycles. The summed E-state index contributed by atoms with van der Waals surface area (Å²) in [5, 5.41) is 5.31. The van der Waals surface area contributed by atoms with Crippen LogP contribution in [-0.4, -0.2) is 25.5 Å². The van der Waals surface area contributed by atoms with Gasteiger partial charge in [0.05, 0.1) is 10.1 Å². The van der Waals surface area contributed by atoms with E-state index in [9.17, 15) is 18.0 Å². The van der Waals surface area contributed by atoms with Crippen LogP contribution < -0.4 is 10.6 Å². The first-order valence-electron chi connectivity index (χ1n) is 20.2. The molecular formula is C48H78N2O4S. The summed E-state index contributed by atoms with van der Waals surface area (Å²) < 4.78 is 23.1. The SMILES string of the molecule is CC.CC.CC.CC.CC(C)C(=O)NCc1ccccc1.CC(C)C(=O)Nc1ccccc1.CC(C)Cc1ccccc1.CC(C)S(=O)(=O)c1ccccc1. The van der Waals surface area contributed by atoms with Crippen molar-refractivity contribution in [1.29, 1.82) is 0 Å². The summed E-state index contributed by atoms with van der Waals surface area (Å²) in [4.78, 5) is 22.8. The number of benzene rings is 4. The maximum absolute atomic E-state index is 11.5. The summed E-state index contributed by atoms with van der Waals surface area (Å²) in [5.41, 5.74) is 3.44. The average Bonchev–Trinajstić information content (AvgIpc) is 3.22. The Bertz CT molecular complexity index is 1510. The molecule has 6 nitrogen and oxygen atoms in total. The lowest BCUT2D eigenvalue weighted by Crippen LogP contribution is -2.26. The standard InChI is InChI=1S/C11H15NO.C10H13NO.C10H14.C9H12O2S.4C2H6/c1-9(2)11(13)12-8-10-6-4-3-5-7-10;1-8(2)10(12)11-9-6-4-3-5-7-9;1-9(2)8-10-6-4-3-5-7-10;1-8(2)12(10,11)9-6-4-3-5-7-9;4*1-2/h3-7,9H,8H2,1-2H3,(H,12,13);3-8H,1-2H3,(H,11,12);3-7,9H,8H2,1-2H3;3-8H,1-2H3;4*1-2H3. The number of amides is 2. The molecule has 55 heavy (non-hydrogen) atoms. The van der Waals surface area contributed by atoms with Crippen LogP contribution in [0, 0.1) is 17.8 Å². The Morgan fingerprint density at radius 3 is 1.18 bits per heavy atom. The molecule has 0 atom stereocenters. The molecule has 0 aliphatic heterocycles. The Morgan fingerprint density at radius 2 is 0.836 bits per heavy atom. The Kier molecular flexibility index (Phi) is 39.8. The van der Waals surface area contributed by atoms with E-state index in [2.05, 4.69) is 54.8 Å². The van der Waals surface area contributed by atoms with Gasteiger partial charge in [-0.15, -0.1) is 0 Å². The fourth-order valence-corrected chi connectivity index (χ4v) is 4.85. The zero-order valence-electron chi connectivity index (χ0n) is 37.3. The van der Waals surface area contributed by atoms with Crippen LogP contribution in [0.4, 0.5) is 5.69 Å². The van der Waals surface area contributed by atoms with Crippen LogP contribution in [0.1, 0.15) is 122 Å². The van der Waals surface area contributed by atoms with Crippen molar-refractivity contribution in [3.8, 4) is 0 Å². The molecule has 4 rings (SSSR count). The fraction of sp³-hybridized carbons (Fsp3) is 0.458. The molecule has 0 aromatic heterocycles. The molecule has 0 saturated carbocycles. The smallest absolute Gasteiger partial charge is 0.226 e. The number of carbonyl (C=O) groups is 2. The lowest BCUT2D eigenvalue weighted by atomic mass is 10.0. The van der Waals surface area contributed by atoms with Crippen molar-refractivity contribution in [2.45, 2.75) is 134 Å². The first-order valence-corrected chi connectivity index (χ1v) is 21.8. The van der Waals surface area contributed by atoms with Gasteiger partial charge >= 0.3 is 0 Å². The minimum Gasteiger partial charge on any atom is -0.352 e. The van der Waals surface area contributed by atoms with Crippen molar-refractivity contribution in [3.63, 3.8) is 0 Å². The molecule has 4 aromatic rings. The van der Waals surface area contributed by atoms with Crippen LogP contribution in [0.5, 0.6) is 0 Å². The zero-order valence-corrected chi connectivity index (χ0v) is 38.1. The highest BCUT2D eigenvalue weighted by Crippen LogP contribution is 2.14. The van der Waals surface area contributed by atoms with E-state index in [1.165, 1.54) is 12.0 Å². The van der Waals surface area contributed by atoms with E-state index in [0.29, 0.717) is 11.4 Å². The van der Waals surface area contributed by atoms with Gasteiger partial charge in [0.25, 0.3) is 0 Å². The number of hydrogen-bond acceptors (Lipinski definition) is 4. The third kappa shape index (κ3) is 30.8. The molecule has 0 spiro atoms. The van der Waals surface area contributed by atoms with E-state index in [1.54, 1.807) is 44.2 Å². The third-order valence-corrected chi connectivity index (χ3v) is 8.75. The van der Waals surface area contributed by atoms with E-state index in [1.807, 2.05) is 144 Å². The maximum atomic E-state index is 11.5. The molecular weight excluding hydrogens is 701 g/mol. The van der Waals surface area contributed by atoms with Gasteiger partial charge < -0.3 is 10.6 Å². The minimum absolute atomic E-state index is 0.0326. The Labute approximate surface area is 338 Å². The van der Waals surface area contributed by atoms with E-state index in [0.717, 1.165) is 17.2 Å². The number of nitrogens with one attached hydrogen (secondary N) is 2. The van der Waals surface area contributed by atoms with Crippen molar-refractivity contribution < 1.29 is 18.0 Å². The molecule has 0 aliphatic carbocycles. The largest absolute Gasteiger partial charge is 0.352 e. The molecule has 310 valence electrons. The lowest BCUT2D eigenvalue weighted by molar-refractivity contribution is -0.124. The van der Waals surface area contributed by atoms with Gasteiger partial charge in [0.2, 0.25) is 11.8 Å². The van der Waals surface area contributed by atoms with Gasteiger partial charge in [0.1, 0.15) is 0 Å². The van der Waals surface area contributed by atoms with E-state index in [-0.39, 0.29) is 28.9 Å². The Balaban J connectivity index is -0.000000297. The molecule has 0 aliphatic rings. The molecule has 0 radical (unpaired) electrons. The molecule has 0 saturated heterocycles. The second-order valence-corrected chi connectivity index (χ2v) is 14.9. The van der Waals surface area contributed by atoms with Gasteiger partial charge in [-0.3, -0.25) is 9.59 Å². The Hall–Kier alpha value is -4.23. The zero-order chi connectivity index (χ0) is 43.2. The van der Waals surface area contributed by atoms with Crippen LogP contribution in [-0.2, 0) is 32.4 Å². The van der Waals surface area contributed by atoms with Crippen LogP contribution >= 0.6 is 0 Å².